The van der Waals surface area contributed by atoms with Crippen molar-refractivity contribution in [3.63, 3.8) is 0 Å². The van der Waals surface area contributed by atoms with Crippen molar-refractivity contribution in [1.82, 2.24) is 19.1 Å². The van der Waals surface area contributed by atoms with Gasteiger partial charge in [-0.3, -0.25) is 0 Å². The second kappa shape index (κ2) is 6.14. The Balaban J connectivity index is 1.70. The zero-order valence-corrected chi connectivity index (χ0v) is 13.8. The van der Waals surface area contributed by atoms with Crippen LogP contribution in [-0.4, -0.2) is 36.1 Å². The van der Waals surface area contributed by atoms with Crippen LogP contribution in [0.4, 0.5) is 0 Å². The molecular weight excluding hydrogens is 296 g/mol. The highest BCUT2D eigenvalue weighted by atomic mass is 32.2. The van der Waals surface area contributed by atoms with Crippen molar-refractivity contribution in [2.75, 3.05) is 5.75 Å². The number of thioether (sulfide) groups is 1. The highest BCUT2D eigenvalue weighted by Gasteiger charge is 2.11. The lowest BCUT2D eigenvalue weighted by molar-refractivity contribution is 0.179. The van der Waals surface area contributed by atoms with Gasteiger partial charge in [0.1, 0.15) is 0 Å². The van der Waals surface area contributed by atoms with E-state index < -0.39 is 6.10 Å². The van der Waals surface area contributed by atoms with E-state index in [0.29, 0.717) is 12.3 Å². The van der Waals surface area contributed by atoms with Gasteiger partial charge in [-0.25, -0.2) is 9.97 Å². The van der Waals surface area contributed by atoms with Crippen molar-refractivity contribution in [1.29, 1.82) is 0 Å². The zero-order chi connectivity index (χ0) is 15.7. The lowest BCUT2D eigenvalue weighted by atomic mass is 10.1. The number of nitrogens with zero attached hydrogens (tertiary/aromatic N) is 4. The van der Waals surface area contributed by atoms with E-state index in [1.807, 2.05) is 22.4 Å². The second-order valence-corrected chi connectivity index (χ2v) is 6.59. The number of imidazole rings is 2. The van der Waals surface area contributed by atoms with Crippen molar-refractivity contribution < 1.29 is 5.11 Å². The molecule has 6 heteroatoms. The summed E-state index contributed by atoms with van der Waals surface area (Å²) in [6.07, 6.45) is 5.03. The Morgan fingerprint density at radius 2 is 2.00 bits per heavy atom. The number of aliphatic hydroxyl groups excluding tert-OH is 1. The molecule has 0 aliphatic heterocycles. The summed E-state index contributed by atoms with van der Waals surface area (Å²) < 4.78 is 3.97. The molecule has 1 N–H and O–H groups in total. The van der Waals surface area contributed by atoms with E-state index >= 15 is 0 Å². The Labute approximate surface area is 134 Å². The monoisotopic (exact) mass is 316 g/mol. The van der Waals surface area contributed by atoms with Gasteiger partial charge in [0.2, 0.25) is 0 Å². The summed E-state index contributed by atoms with van der Waals surface area (Å²) in [5, 5.41) is 11.2. The number of aromatic nitrogens is 4. The molecule has 2 aromatic heterocycles. The zero-order valence-electron chi connectivity index (χ0n) is 13.0. The number of benzene rings is 1. The Hall–Kier alpha value is -1.79. The van der Waals surface area contributed by atoms with Crippen molar-refractivity contribution in [3.8, 4) is 0 Å². The number of hydrogen-bond acceptors (Lipinski definition) is 4. The van der Waals surface area contributed by atoms with Gasteiger partial charge in [0.15, 0.2) is 5.16 Å². The van der Waals surface area contributed by atoms with Crippen molar-refractivity contribution >= 4 is 22.8 Å². The van der Waals surface area contributed by atoms with Gasteiger partial charge in [-0.2, -0.15) is 0 Å². The summed E-state index contributed by atoms with van der Waals surface area (Å²) in [4.78, 5) is 8.68. The number of fused-ring (bicyclic) bond motifs is 1. The summed E-state index contributed by atoms with van der Waals surface area (Å²) >= 11 is 1.56. The average Bonchev–Trinajstić information content (AvgIpc) is 3.05. The molecular formula is C16H20N4OS. The van der Waals surface area contributed by atoms with Crippen molar-refractivity contribution in [2.24, 2.45) is 7.05 Å². The van der Waals surface area contributed by atoms with Crippen LogP contribution in [0.3, 0.4) is 0 Å². The molecule has 0 saturated carbocycles. The molecule has 0 amide bonds. The van der Waals surface area contributed by atoms with E-state index in [0.717, 1.165) is 16.2 Å². The van der Waals surface area contributed by atoms with E-state index in [9.17, 15) is 5.11 Å². The fourth-order valence-electron chi connectivity index (χ4n) is 2.40. The second-order valence-electron chi connectivity index (χ2n) is 5.61. The molecule has 0 unspecified atom stereocenters. The Morgan fingerprint density at radius 3 is 2.73 bits per heavy atom. The number of aryl methyl sites for hydroxylation is 3. The first-order valence-corrected chi connectivity index (χ1v) is 8.23. The molecule has 2 heterocycles. The number of rotatable bonds is 5. The summed E-state index contributed by atoms with van der Waals surface area (Å²) in [6.45, 7) is 4.72. The minimum Gasteiger partial charge on any atom is -0.390 e. The molecule has 0 saturated heterocycles. The van der Waals surface area contributed by atoms with E-state index in [-0.39, 0.29) is 0 Å². The van der Waals surface area contributed by atoms with Crippen LogP contribution >= 0.6 is 11.8 Å². The summed E-state index contributed by atoms with van der Waals surface area (Å²) in [5.41, 5.74) is 4.53. The average molecular weight is 316 g/mol. The van der Waals surface area contributed by atoms with Crippen LogP contribution in [0.25, 0.3) is 11.0 Å². The van der Waals surface area contributed by atoms with Crippen LogP contribution in [0.5, 0.6) is 0 Å². The summed E-state index contributed by atoms with van der Waals surface area (Å²) in [5.74, 6) is 0.607. The third-order valence-corrected chi connectivity index (χ3v) is 5.03. The molecule has 0 radical (unpaired) electrons. The molecule has 0 spiro atoms. The Bertz CT molecular complexity index is 793. The number of aliphatic hydroxyl groups is 1. The predicted octanol–water partition coefficient (Wildman–Crippen LogP) is 2.54. The normalized spacial score (nSPS) is 12.9. The maximum absolute atomic E-state index is 10.3. The van der Waals surface area contributed by atoms with Crippen LogP contribution in [0.15, 0.2) is 36.0 Å². The molecule has 0 aliphatic carbocycles. The van der Waals surface area contributed by atoms with E-state index in [1.54, 1.807) is 24.3 Å². The van der Waals surface area contributed by atoms with Crippen LogP contribution in [0.1, 0.15) is 11.1 Å². The van der Waals surface area contributed by atoms with Gasteiger partial charge in [0.25, 0.3) is 0 Å². The van der Waals surface area contributed by atoms with E-state index in [4.69, 9.17) is 0 Å². The van der Waals surface area contributed by atoms with Crippen molar-refractivity contribution in [2.45, 2.75) is 31.7 Å². The topological polar surface area (TPSA) is 55.9 Å². The third kappa shape index (κ3) is 3.03. The van der Waals surface area contributed by atoms with Gasteiger partial charge in [0.05, 0.1) is 30.0 Å². The van der Waals surface area contributed by atoms with Crippen LogP contribution in [-0.2, 0) is 13.6 Å². The molecule has 3 rings (SSSR count). The minimum absolute atomic E-state index is 0.444. The number of hydrogen-bond donors (Lipinski definition) is 1. The van der Waals surface area contributed by atoms with Gasteiger partial charge in [-0.05, 0) is 37.1 Å². The van der Waals surface area contributed by atoms with Crippen molar-refractivity contribution in [3.05, 3.63) is 42.0 Å². The highest BCUT2D eigenvalue weighted by molar-refractivity contribution is 7.99. The summed E-state index contributed by atoms with van der Waals surface area (Å²) in [7, 11) is 1.95. The Kier molecular flexibility index (Phi) is 4.22. The minimum atomic E-state index is -0.444. The van der Waals surface area contributed by atoms with Crippen LogP contribution in [0.2, 0.25) is 0 Å². The van der Waals surface area contributed by atoms with Crippen LogP contribution < -0.4 is 0 Å². The quantitative estimate of drug-likeness (QED) is 0.735. The fraction of sp³-hybridized carbons (Fsp3) is 0.375. The molecule has 0 fully saturated rings. The summed E-state index contributed by atoms with van der Waals surface area (Å²) in [6, 6.07) is 4.23. The molecule has 1 atom stereocenters. The molecule has 5 nitrogen and oxygen atoms in total. The van der Waals surface area contributed by atoms with Crippen LogP contribution in [0, 0.1) is 13.8 Å². The maximum Gasteiger partial charge on any atom is 0.167 e. The predicted molar refractivity (Wildman–Crippen MR) is 89.1 cm³/mol. The van der Waals surface area contributed by atoms with Gasteiger partial charge >= 0.3 is 0 Å². The van der Waals surface area contributed by atoms with Gasteiger partial charge < -0.3 is 14.2 Å². The molecule has 116 valence electrons. The SMILES string of the molecule is Cc1cc2ncn(C[C@@H](O)CSc3nccn3C)c2cc1C. The first-order valence-electron chi connectivity index (χ1n) is 7.25. The Morgan fingerprint density at radius 1 is 1.23 bits per heavy atom. The molecule has 22 heavy (non-hydrogen) atoms. The molecule has 1 aromatic carbocycles. The lowest BCUT2D eigenvalue weighted by Crippen LogP contribution is -2.18. The fourth-order valence-corrected chi connectivity index (χ4v) is 3.25. The third-order valence-electron chi connectivity index (χ3n) is 3.83. The van der Waals surface area contributed by atoms with Gasteiger partial charge in [-0.15, -0.1) is 0 Å². The smallest absolute Gasteiger partial charge is 0.167 e. The largest absolute Gasteiger partial charge is 0.390 e. The van der Waals surface area contributed by atoms with E-state index in [2.05, 4.69) is 35.9 Å². The first kappa shape index (κ1) is 15.1. The molecule has 0 aliphatic rings. The van der Waals surface area contributed by atoms with E-state index in [1.165, 1.54) is 11.1 Å². The molecule has 0 bridgehead atoms. The molecule has 3 aromatic rings. The maximum atomic E-state index is 10.3. The standard InChI is InChI=1S/C16H20N4OS/c1-11-6-14-15(7-12(11)2)20(10-18-14)8-13(21)9-22-16-17-4-5-19(16)3/h4-7,10,13,21H,8-9H2,1-3H3/t13-/m1/s1. The highest BCUT2D eigenvalue weighted by Crippen LogP contribution is 2.20. The van der Waals surface area contributed by atoms with Gasteiger partial charge in [0, 0.05) is 25.2 Å². The first-order chi connectivity index (χ1) is 10.5. The van der Waals surface area contributed by atoms with Gasteiger partial charge in [-0.1, -0.05) is 11.8 Å². The lowest BCUT2D eigenvalue weighted by Gasteiger charge is -2.12.